The standard InChI is InChI=1S/C19H17BrFN3O2S/c1-12(18(25)24(2)11-13-6-5-7-14(21)10-13)27-19-23-22-17(26-19)15-8-3-4-9-16(15)20/h3-10,12H,11H2,1-2H3. The van der Waals surface area contributed by atoms with Crippen LogP contribution in [0, 0.1) is 5.82 Å². The van der Waals surface area contributed by atoms with Gasteiger partial charge in [0.25, 0.3) is 5.22 Å². The van der Waals surface area contributed by atoms with E-state index >= 15 is 0 Å². The van der Waals surface area contributed by atoms with Crippen LogP contribution in [0.25, 0.3) is 11.5 Å². The number of carbonyl (C=O) groups is 1. The number of halogens is 2. The summed E-state index contributed by atoms with van der Waals surface area (Å²) in [5, 5.41) is 7.96. The first-order valence-electron chi connectivity index (χ1n) is 8.18. The fourth-order valence-corrected chi connectivity index (χ4v) is 3.75. The normalized spacial score (nSPS) is 12.0. The average molecular weight is 450 g/mol. The molecular formula is C19H17BrFN3O2S. The Kier molecular flexibility index (Phi) is 6.28. The summed E-state index contributed by atoms with van der Waals surface area (Å²) in [5.41, 5.74) is 1.52. The summed E-state index contributed by atoms with van der Waals surface area (Å²) in [7, 11) is 1.69. The van der Waals surface area contributed by atoms with Crippen LogP contribution in [0.3, 0.4) is 0 Å². The lowest BCUT2D eigenvalue weighted by molar-refractivity contribution is -0.129. The summed E-state index contributed by atoms with van der Waals surface area (Å²) in [6.07, 6.45) is 0. The minimum absolute atomic E-state index is 0.107. The zero-order valence-electron chi connectivity index (χ0n) is 14.7. The zero-order valence-corrected chi connectivity index (χ0v) is 17.1. The summed E-state index contributed by atoms with van der Waals surface area (Å²) in [6.45, 7) is 2.10. The van der Waals surface area contributed by atoms with Crippen LogP contribution in [0.15, 0.2) is 62.6 Å². The first-order chi connectivity index (χ1) is 12.9. The SMILES string of the molecule is CC(Sc1nnc(-c2ccccc2Br)o1)C(=O)N(C)Cc1cccc(F)c1. The molecule has 1 amide bonds. The Morgan fingerprint density at radius 3 is 2.78 bits per heavy atom. The van der Waals surface area contributed by atoms with Crippen molar-refractivity contribution in [1.29, 1.82) is 0 Å². The van der Waals surface area contributed by atoms with E-state index in [9.17, 15) is 9.18 Å². The number of hydrogen-bond acceptors (Lipinski definition) is 5. The molecule has 0 aliphatic rings. The third-order valence-corrected chi connectivity index (χ3v) is 5.43. The van der Waals surface area contributed by atoms with E-state index in [-0.39, 0.29) is 11.7 Å². The molecule has 0 aliphatic heterocycles. The van der Waals surface area contributed by atoms with Crippen LogP contribution >= 0.6 is 27.7 Å². The van der Waals surface area contributed by atoms with Crippen LogP contribution in [-0.4, -0.2) is 33.3 Å². The van der Waals surface area contributed by atoms with Gasteiger partial charge in [0, 0.05) is 18.1 Å². The molecular weight excluding hydrogens is 433 g/mol. The van der Waals surface area contributed by atoms with Crippen molar-refractivity contribution in [3.05, 3.63) is 64.4 Å². The van der Waals surface area contributed by atoms with E-state index in [1.165, 1.54) is 23.9 Å². The molecule has 0 radical (unpaired) electrons. The predicted octanol–water partition coefficient (Wildman–Crippen LogP) is 4.78. The van der Waals surface area contributed by atoms with Gasteiger partial charge >= 0.3 is 0 Å². The smallest absolute Gasteiger partial charge is 0.277 e. The highest BCUT2D eigenvalue weighted by Crippen LogP contribution is 2.30. The number of hydrogen-bond donors (Lipinski definition) is 0. The van der Waals surface area contributed by atoms with E-state index in [1.807, 2.05) is 24.3 Å². The number of amides is 1. The number of nitrogens with zero attached hydrogens (tertiary/aromatic N) is 3. The summed E-state index contributed by atoms with van der Waals surface area (Å²) >= 11 is 4.64. The second-order valence-electron chi connectivity index (χ2n) is 5.94. The maximum atomic E-state index is 13.3. The van der Waals surface area contributed by atoms with Crippen LogP contribution < -0.4 is 0 Å². The molecule has 140 valence electrons. The van der Waals surface area contributed by atoms with Crippen LogP contribution in [0.5, 0.6) is 0 Å². The van der Waals surface area contributed by atoms with Gasteiger partial charge in [-0.15, -0.1) is 10.2 Å². The minimum Gasteiger partial charge on any atom is -0.411 e. The summed E-state index contributed by atoms with van der Waals surface area (Å²) in [4.78, 5) is 14.1. The molecule has 3 rings (SSSR count). The average Bonchev–Trinajstić information content (AvgIpc) is 3.09. The Balaban J connectivity index is 1.64. The van der Waals surface area contributed by atoms with Gasteiger partial charge < -0.3 is 9.32 Å². The number of rotatable bonds is 6. The lowest BCUT2D eigenvalue weighted by atomic mass is 10.2. The molecule has 3 aromatic rings. The van der Waals surface area contributed by atoms with Gasteiger partial charge in [0.05, 0.1) is 10.8 Å². The third-order valence-electron chi connectivity index (χ3n) is 3.82. The Morgan fingerprint density at radius 1 is 1.26 bits per heavy atom. The Morgan fingerprint density at radius 2 is 2.04 bits per heavy atom. The molecule has 1 atom stereocenters. The molecule has 1 unspecified atom stereocenters. The van der Waals surface area contributed by atoms with E-state index in [0.717, 1.165) is 15.6 Å². The van der Waals surface area contributed by atoms with Crippen molar-refractivity contribution in [2.75, 3.05) is 7.05 Å². The van der Waals surface area contributed by atoms with E-state index in [0.29, 0.717) is 17.7 Å². The van der Waals surface area contributed by atoms with E-state index < -0.39 is 5.25 Å². The minimum atomic E-state index is -0.420. The van der Waals surface area contributed by atoms with Crippen molar-refractivity contribution in [3.8, 4) is 11.5 Å². The monoisotopic (exact) mass is 449 g/mol. The van der Waals surface area contributed by atoms with E-state index in [1.54, 1.807) is 31.0 Å². The van der Waals surface area contributed by atoms with Crippen molar-refractivity contribution in [2.45, 2.75) is 23.9 Å². The molecule has 5 nitrogen and oxygen atoms in total. The molecule has 1 aromatic heterocycles. The maximum absolute atomic E-state index is 13.3. The highest BCUT2D eigenvalue weighted by atomic mass is 79.9. The van der Waals surface area contributed by atoms with Crippen LogP contribution in [0.2, 0.25) is 0 Å². The molecule has 8 heteroatoms. The number of thioether (sulfide) groups is 1. The Labute approximate surface area is 169 Å². The first kappa shape index (κ1) is 19.6. The van der Waals surface area contributed by atoms with Gasteiger partial charge in [-0.2, -0.15) is 0 Å². The molecule has 0 bridgehead atoms. The molecule has 0 N–H and O–H groups in total. The summed E-state index contributed by atoms with van der Waals surface area (Å²) in [6, 6.07) is 13.7. The fraction of sp³-hybridized carbons (Fsp3) is 0.211. The van der Waals surface area contributed by atoms with Crippen molar-refractivity contribution < 1.29 is 13.6 Å². The van der Waals surface area contributed by atoms with Gasteiger partial charge in [0.1, 0.15) is 5.82 Å². The number of carbonyl (C=O) groups excluding carboxylic acids is 1. The largest absolute Gasteiger partial charge is 0.411 e. The fourth-order valence-electron chi connectivity index (χ4n) is 2.50. The Hall–Kier alpha value is -2.19. The topological polar surface area (TPSA) is 59.2 Å². The van der Waals surface area contributed by atoms with Gasteiger partial charge in [-0.05, 0) is 52.7 Å². The molecule has 1 heterocycles. The molecule has 0 saturated heterocycles. The maximum Gasteiger partial charge on any atom is 0.277 e. The second-order valence-corrected chi connectivity index (χ2v) is 8.08. The molecule has 0 spiro atoms. The summed E-state index contributed by atoms with van der Waals surface area (Å²) in [5.74, 6) is -0.0381. The second kappa shape index (κ2) is 8.67. The van der Waals surface area contributed by atoms with Gasteiger partial charge in [-0.25, -0.2) is 4.39 Å². The van der Waals surface area contributed by atoms with Gasteiger partial charge in [-0.3, -0.25) is 4.79 Å². The molecule has 27 heavy (non-hydrogen) atoms. The van der Waals surface area contributed by atoms with E-state index in [4.69, 9.17) is 4.42 Å². The van der Waals surface area contributed by atoms with Crippen molar-refractivity contribution in [3.63, 3.8) is 0 Å². The first-order valence-corrected chi connectivity index (χ1v) is 9.86. The number of benzene rings is 2. The van der Waals surface area contributed by atoms with Gasteiger partial charge in [0.15, 0.2) is 0 Å². The zero-order chi connectivity index (χ0) is 19.4. The number of aromatic nitrogens is 2. The lowest BCUT2D eigenvalue weighted by Crippen LogP contribution is -2.32. The van der Waals surface area contributed by atoms with Gasteiger partial charge in [-0.1, -0.05) is 36.0 Å². The van der Waals surface area contributed by atoms with Gasteiger partial charge in [0.2, 0.25) is 11.8 Å². The highest BCUT2D eigenvalue weighted by molar-refractivity contribution is 9.10. The highest BCUT2D eigenvalue weighted by Gasteiger charge is 2.22. The van der Waals surface area contributed by atoms with Crippen LogP contribution in [-0.2, 0) is 11.3 Å². The molecule has 0 saturated carbocycles. The molecule has 0 aliphatic carbocycles. The van der Waals surface area contributed by atoms with Crippen LogP contribution in [0.4, 0.5) is 4.39 Å². The van der Waals surface area contributed by atoms with E-state index in [2.05, 4.69) is 26.1 Å². The summed E-state index contributed by atoms with van der Waals surface area (Å²) < 4.78 is 19.8. The van der Waals surface area contributed by atoms with Crippen LogP contribution in [0.1, 0.15) is 12.5 Å². The third kappa shape index (κ3) is 4.95. The lowest BCUT2D eigenvalue weighted by Gasteiger charge is -2.20. The molecule has 0 fully saturated rings. The van der Waals surface area contributed by atoms with Crippen molar-refractivity contribution in [2.24, 2.45) is 0 Å². The molecule has 2 aromatic carbocycles. The quantitative estimate of drug-likeness (QED) is 0.506. The Bertz CT molecular complexity index is 950. The van der Waals surface area contributed by atoms with Crippen molar-refractivity contribution in [1.82, 2.24) is 15.1 Å². The predicted molar refractivity (Wildman–Crippen MR) is 106 cm³/mol. The van der Waals surface area contributed by atoms with Crippen molar-refractivity contribution >= 4 is 33.6 Å².